The third-order valence-corrected chi connectivity index (χ3v) is 5.83. The first-order valence-corrected chi connectivity index (χ1v) is 11.0. The van der Waals surface area contributed by atoms with Gasteiger partial charge >= 0.3 is 0 Å². The quantitative estimate of drug-likeness (QED) is 0.484. The van der Waals surface area contributed by atoms with E-state index in [4.69, 9.17) is 0 Å². The molecule has 0 heterocycles. The van der Waals surface area contributed by atoms with Gasteiger partial charge in [-0.1, -0.05) is 12.1 Å². The molecule has 2 amide bonds. The Kier molecular flexibility index (Phi) is 7.02. The van der Waals surface area contributed by atoms with Crippen LogP contribution in [0.2, 0.25) is 0 Å². The fourth-order valence-electron chi connectivity index (χ4n) is 2.79. The first-order chi connectivity index (χ1) is 15.6. The van der Waals surface area contributed by atoms with Crippen LogP contribution in [-0.2, 0) is 14.8 Å². The summed E-state index contributed by atoms with van der Waals surface area (Å²) in [6.07, 6.45) is 0. The molecule has 3 rings (SSSR count). The van der Waals surface area contributed by atoms with Crippen molar-refractivity contribution < 1.29 is 31.2 Å². The zero-order valence-corrected chi connectivity index (χ0v) is 18.0. The third-order valence-electron chi connectivity index (χ3n) is 4.47. The van der Waals surface area contributed by atoms with Crippen molar-refractivity contribution in [3.63, 3.8) is 0 Å². The number of aryl methyl sites for hydroxylation is 1. The minimum Gasteiger partial charge on any atom is -0.343 e. The van der Waals surface area contributed by atoms with Crippen molar-refractivity contribution in [1.82, 2.24) is 5.32 Å². The second-order valence-electron chi connectivity index (χ2n) is 6.92. The molecule has 3 aromatic rings. The van der Waals surface area contributed by atoms with E-state index in [1.807, 2.05) is 0 Å². The predicted octanol–water partition coefficient (Wildman–Crippen LogP) is 3.58. The number of halogens is 3. The summed E-state index contributed by atoms with van der Waals surface area (Å²) >= 11 is 0. The smallest absolute Gasteiger partial charge is 0.261 e. The number of hydrogen-bond acceptors (Lipinski definition) is 4. The van der Waals surface area contributed by atoms with E-state index in [0.29, 0.717) is 0 Å². The fraction of sp³-hybridized carbons (Fsp3) is 0.0909. The maximum absolute atomic E-state index is 13.5. The SMILES string of the molecule is Cc1cc(S(=O)(=O)Nc2ccccc2C(=O)NCC(=O)Nc2ccc(F)c(F)c2)ccc1F. The molecule has 0 spiro atoms. The molecule has 0 unspecified atom stereocenters. The van der Waals surface area contributed by atoms with Gasteiger partial charge in [-0.3, -0.25) is 14.3 Å². The monoisotopic (exact) mass is 477 g/mol. The van der Waals surface area contributed by atoms with Crippen molar-refractivity contribution >= 4 is 33.2 Å². The highest BCUT2D eigenvalue weighted by atomic mass is 32.2. The second kappa shape index (κ2) is 9.74. The van der Waals surface area contributed by atoms with E-state index in [9.17, 15) is 31.2 Å². The lowest BCUT2D eigenvalue weighted by Gasteiger charge is -2.13. The first kappa shape index (κ1) is 23.8. The number of sulfonamides is 1. The predicted molar refractivity (Wildman–Crippen MR) is 116 cm³/mol. The summed E-state index contributed by atoms with van der Waals surface area (Å²) in [6.45, 7) is 0.900. The van der Waals surface area contributed by atoms with Crippen molar-refractivity contribution in [2.75, 3.05) is 16.6 Å². The van der Waals surface area contributed by atoms with Crippen molar-refractivity contribution in [2.45, 2.75) is 11.8 Å². The maximum Gasteiger partial charge on any atom is 0.261 e. The number of anilines is 2. The highest BCUT2D eigenvalue weighted by molar-refractivity contribution is 7.92. The molecule has 0 aliphatic heterocycles. The Morgan fingerprint density at radius 1 is 0.879 bits per heavy atom. The average molecular weight is 477 g/mol. The molecule has 33 heavy (non-hydrogen) atoms. The molecule has 3 aromatic carbocycles. The van der Waals surface area contributed by atoms with Gasteiger partial charge in [-0.2, -0.15) is 0 Å². The standard InChI is InChI=1S/C22H18F3N3O4S/c1-13-10-15(7-9-17(13)23)33(31,32)28-20-5-3-2-4-16(20)22(30)26-12-21(29)27-14-6-8-18(24)19(25)11-14/h2-11,28H,12H2,1H3,(H,26,30)(H,27,29). The summed E-state index contributed by atoms with van der Waals surface area (Å²) in [6, 6.07) is 11.7. The summed E-state index contributed by atoms with van der Waals surface area (Å²) in [4.78, 5) is 24.4. The van der Waals surface area contributed by atoms with Gasteiger partial charge < -0.3 is 10.6 Å². The molecule has 0 saturated heterocycles. The van der Waals surface area contributed by atoms with Crippen LogP contribution in [0.3, 0.4) is 0 Å². The molecule has 7 nitrogen and oxygen atoms in total. The Morgan fingerprint density at radius 3 is 2.27 bits per heavy atom. The van der Waals surface area contributed by atoms with Gasteiger partial charge in [0.2, 0.25) is 5.91 Å². The highest BCUT2D eigenvalue weighted by Crippen LogP contribution is 2.21. The van der Waals surface area contributed by atoms with Crippen LogP contribution in [0.5, 0.6) is 0 Å². The Hall–Kier alpha value is -3.86. The van der Waals surface area contributed by atoms with E-state index in [2.05, 4.69) is 15.4 Å². The van der Waals surface area contributed by atoms with Crippen molar-refractivity contribution in [2.24, 2.45) is 0 Å². The van der Waals surface area contributed by atoms with Crippen LogP contribution >= 0.6 is 0 Å². The van der Waals surface area contributed by atoms with Gasteiger partial charge in [0.15, 0.2) is 11.6 Å². The molecule has 172 valence electrons. The molecule has 0 saturated carbocycles. The number of para-hydroxylation sites is 1. The number of rotatable bonds is 7. The van der Waals surface area contributed by atoms with Gasteiger partial charge in [-0.05, 0) is 55.0 Å². The first-order valence-electron chi connectivity index (χ1n) is 9.48. The molecule has 11 heteroatoms. The third kappa shape index (κ3) is 5.89. The Labute approximate surface area is 187 Å². The van der Waals surface area contributed by atoms with E-state index in [1.54, 1.807) is 0 Å². The van der Waals surface area contributed by atoms with Crippen molar-refractivity contribution in [1.29, 1.82) is 0 Å². The summed E-state index contributed by atoms with van der Waals surface area (Å²) in [7, 11) is -4.13. The Bertz CT molecular complexity index is 1330. The number of nitrogens with one attached hydrogen (secondary N) is 3. The number of benzene rings is 3. The molecule has 0 fully saturated rings. The molecule has 3 N–H and O–H groups in total. The van der Waals surface area contributed by atoms with E-state index in [0.717, 1.165) is 36.4 Å². The topological polar surface area (TPSA) is 104 Å². The van der Waals surface area contributed by atoms with E-state index in [-0.39, 0.29) is 27.4 Å². The normalized spacial score (nSPS) is 11.0. The lowest BCUT2D eigenvalue weighted by atomic mass is 10.1. The minimum atomic E-state index is -4.13. The van der Waals surface area contributed by atoms with E-state index in [1.165, 1.54) is 31.2 Å². The van der Waals surface area contributed by atoms with Crippen molar-refractivity contribution in [3.05, 3.63) is 89.2 Å². The highest BCUT2D eigenvalue weighted by Gasteiger charge is 2.20. The van der Waals surface area contributed by atoms with Crippen LogP contribution in [-0.4, -0.2) is 26.8 Å². The number of hydrogen-bond donors (Lipinski definition) is 3. The van der Waals surface area contributed by atoms with Gasteiger partial charge in [0.25, 0.3) is 15.9 Å². The zero-order chi connectivity index (χ0) is 24.2. The number of carbonyl (C=O) groups excluding carboxylic acids is 2. The largest absolute Gasteiger partial charge is 0.343 e. The van der Waals surface area contributed by atoms with Gasteiger partial charge in [-0.15, -0.1) is 0 Å². The average Bonchev–Trinajstić information content (AvgIpc) is 2.76. The maximum atomic E-state index is 13.5. The molecule has 0 bridgehead atoms. The van der Waals surface area contributed by atoms with Crippen LogP contribution < -0.4 is 15.4 Å². The Morgan fingerprint density at radius 2 is 1.58 bits per heavy atom. The lowest BCUT2D eigenvalue weighted by molar-refractivity contribution is -0.115. The lowest BCUT2D eigenvalue weighted by Crippen LogP contribution is -2.33. The summed E-state index contributed by atoms with van der Waals surface area (Å²) in [5.74, 6) is -4.25. The van der Waals surface area contributed by atoms with Crippen LogP contribution in [0, 0.1) is 24.4 Å². The summed E-state index contributed by atoms with van der Waals surface area (Å²) < 4.78 is 67.3. The summed E-state index contributed by atoms with van der Waals surface area (Å²) in [5.41, 5.74) is 0.00498. The molecule has 0 radical (unpaired) electrons. The van der Waals surface area contributed by atoms with Gasteiger partial charge in [0.05, 0.1) is 22.7 Å². The fourth-order valence-corrected chi connectivity index (χ4v) is 3.96. The molecular weight excluding hydrogens is 459 g/mol. The molecule has 0 aromatic heterocycles. The van der Waals surface area contributed by atoms with Crippen LogP contribution in [0.25, 0.3) is 0 Å². The summed E-state index contributed by atoms with van der Waals surface area (Å²) in [5, 5.41) is 4.62. The zero-order valence-electron chi connectivity index (χ0n) is 17.2. The van der Waals surface area contributed by atoms with E-state index < -0.39 is 45.8 Å². The minimum absolute atomic E-state index is 0.00380. The van der Waals surface area contributed by atoms with Crippen LogP contribution in [0.4, 0.5) is 24.5 Å². The molecule has 0 aliphatic rings. The van der Waals surface area contributed by atoms with Crippen LogP contribution in [0.15, 0.2) is 65.6 Å². The van der Waals surface area contributed by atoms with Gasteiger partial charge in [0, 0.05) is 11.8 Å². The Balaban J connectivity index is 1.70. The van der Waals surface area contributed by atoms with Crippen molar-refractivity contribution in [3.8, 4) is 0 Å². The molecular formula is C22H18F3N3O4S. The molecule has 0 aliphatic carbocycles. The van der Waals surface area contributed by atoms with Gasteiger partial charge in [-0.25, -0.2) is 21.6 Å². The van der Waals surface area contributed by atoms with Gasteiger partial charge in [0.1, 0.15) is 5.82 Å². The molecule has 0 atom stereocenters. The second-order valence-corrected chi connectivity index (χ2v) is 8.60. The number of amides is 2. The van der Waals surface area contributed by atoms with Crippen LogP contribution in [0.1, 0.15) is 15.9 Å². The number of carbonyl (C=O) groups is 2. The van der Waals surface area contributed by atoms with E-state index >= 15 is 0 Å².